The number of allylic oxidation sites excluding steroid dienone is 4. The van der Waals surface area contributed by atoms with E-state index < -0.39 is 3.78 Å². The van der Waals surface area contributed by atoms with E-state index in [1.807, 2.05) is 0 Å². The van der Waals surface area contributed by atoms with Gasteiger partial charge in [-0.3, -0.25) is 0 Å². The minimum atomic E-state index is -0.569. The maximum Gasteiger partial charge on any atom is 0.135 e. The van der Waals surface area contributed by atoms with E-state index in [9.17, 15) is 0 Å². The van der Waals surface area contributed by atoms with Gasteiger partial charge in [0.05, 0.1) is 12.0 Å². The number of alkyl halides is 2. The largest absolute Gasteiger partial charge is 0.197 e. The predicted octanol–water partition coefficient (Wildman–Crippen LogP) is 2.58. The Morgan fingerprint density at radius 2 is 2.00 bits per heavy atom. The van der Waals surface area contributed by atoms with Crippen LogP contribution in [0.2, 0.25) is 0 Å². The summed E-state index contributed by atoms with van der Waals surface area (Å²) in [6.07, 6.45) is 7.04. The van der Waals surface area contributed by atoms with Gasteiger partial charge in [-0.2, -0.15) is 5.26 Å². The van der Waals surface area contributed by atoms with E-state index in [-0.39, 0.29) is 5.92 Å². The Bertz CT molecular complexity index is 208. The van der Waals surface area contributed by atoms with Crippen molar-refractivity contribution >= 4 is 27.5 Å². The highest BCUT2D eigenvalue weighted by Crippen LogP contribution is 2.30. The van der Waals surface area contributed by atoms with Gasteiger partial charge < -0.3 is 0 Å². The second-order valence-corrected chi connectivity index (χ2v) is 4.44. The van der Waals surface area contributed by atoms with Gasteiger partial charge in [-0.15, -0.1) is 0 Å². The predicted molar refractivity (Wildman–Crippen MR) is 44.9 cm³/mol. The lowest BCUT2D eigenvalue weighted by atomic mass is 10.1. The third kappa shape index (κ3) is 1.86. The van der Waals surface area contributed by atoms with Crippen LogP contribution in [0, 0.1) is 17.2 Å². The van der Waals surface area contributed by atoms with Crippen LogP contribution in [0.3, 0.4) is 0 Å². The van der Waals surface area contributed by atoms with Gasteiger partial charge in [0.2, 0.25) is 0 Å². The molecule has 0 unspecified atom stereocenters. The van der Waals surface area contributed by atoms with Crippen molar-refractivity contribution in [2.24, 2.45) is 5.92 Å². The molecule has 10 heavy (non-hydrogen) atoms. The van der Waals surface area contributed by atoms with Crippen LogP contribution >= 0.6 is 27.5 Å². The first-order valence-electron chi connectivity index (χ1n) is 2.80. The summed E-state index contributed by atoms with van der Waals surface area (Å²) in [5.74, 6) is -0.121. The Kier molecular flexibility index (Phi) is 2.18. The summed E-state index contributed by atoms with van der Waals surface area (Å²) in [6, 6.07) is 2.09. The summed E-state index contributed by atoms with van der Waals surface area (Å²) in [7, 11) is 0. The zero-order valence-electron chi connectivity index (χ0n) is 5.09. The second kappa shape index (κ2) is 2.77. The molecule has 1 nitrogen and oxygen atoms in total. The SMILES string of the molecule is N#CC1C=CC(Cl)(Br)C=C1. The summed E-state index contributed by atoms with van der Waals surface area (Å²) in [5, 5.41) is 8.45. The molecule has 0 amide bonds. The summed E-state index contributed by atoms with van der Waals surface area (Å²) in [4.78, 5) is 0. The molecule has 1 aliphatic carbocycles. The molecular weight excluding hydrogens is 213 g/mol. The maximum absolute atomic E-state index is 8.45. The quantitative estimate of drug-likeness (QED) is 0.453. The van der Waals surface area contributed by atoms with Crippen LogP contribution in [0.4, 0.5) is 0 Å². The van der Waals surface area contributed by atoms with Crippen molar-refractivity contribution in [3.05, 3.63) is 24.3 Å². The highest BCUT2D eigenvalue weighted by atomic mass is 79.9. The molecule has 0 aromatic heterocycles. The van der Waals surface area contributed by atoms with E-state index >= 15 is 0 Å². The molecule has 0 spiro atoms. The molecule has 0 N–H and O–H groups in total. The lowest BCUT2D eigenvalue weighted by molar-refractivity contribution is 1.02. The fourth-order valence-corrected chi connectivity index (χ4v) is 1.12. The monoisotopic (exact) mass is 217 g/mol. The molecule has 0 aromatic carbocycles. The van der Waals surface area contributed by atoms with Crippen molar-refractivity contribution in [3.63, 3.8) is 0 Å². The van der Waals surface area contributed by atoms with Gasteiger partial charge in [-0.25, -0.2) is 0 Å². The van der Waals surface area contributed by atoms with E-state index in [0.29, 0.717) is 0 Å². The van der Waals surface area contributed by atoms with Gasteiger partial charge in [0.1, 0.15) is 3.78 Å². The molecule has 0 saturated heterocycles. The topological polar surface area (TPSA) is 23.8 Å². The number of halogens is 2. The Morgan fingerprint density at radius 1 is 1.50 bits per heavy atom. The van der Waals surface area contributed by atoms with E-state index in [0.717, 1.165) is 0 Å². The first-order valence-corrected chi connectivity index (χ1v) is 3.97. The molecule has 0 aromatic rings. The van der Waals surface area contributed by atoms with Crippen molar-refractivity contribution in [1.82, 2.24) is 0 Å². The molecule has 1 rings (SSSR count). The number of nitrogens with zero attached hydrogens (tertiary/aromatic N) is 1. The molecule has 0 atom stereocenters. The Labute approximate surface area is 73.1 Å². The molecule has 3 heteroatoms. The first-order chi connectivity index (χ1) is 4.64. The zero-order chi connectivity index (χ0) is 7.61. The van der Waals surface area contributed by atoms with Gasteiger partial charge in [0.15, 0.2) is 0 Å². The number of nitriles is 1. The van der Waals surface area contributed by atoms with E-state index in [2.05, 4.69) is 22.0 Å². The zero-order valence-corrected chi connectivity index (χ0v) is 7.43. The molecule has 0 radical (unpaired) electrons. The third-order valence-electron chi connectivity index (χ3n) is 1.20. The maximum atomic E-state index is 8.45. The molecule has 0 aliphatic heterocycles. The van der Waals surface area contributed by atoms with Crippen LogP contribution < -0.4 is 0 Å². The highest BCUT2D eigenvalue weighted by Gasteiger charge is 2.19. The summed E-state index contributed by atoms with van der Waals surface area (Å²) >= 11 is 9.06. The number of rotatable bonds is 0. The van der Waals surface area contributed by atoms with Crippen LogP contribution in [0.1, 0.15) is 0 Å². The van der Waals surface area contributed by atoms with Crippen molar-refractivity contribution in [2.45, 2.75) is 3.78 Å². The summed E-state index contributed by atoms with van der Waals surface area (Å²) in [6.45, 7) is 0. The fourth-order valence-electron chi connectivity index (χ4n) is 0.670. The molecule has 1 aliphatic rings. The van der Waals surface area contributed by atoms with Crippen LogP contribution in [0.25, 0.3) is 0 Å². The average Bonchev–Trinajstić information content (AvgIpc) is 1.88. The van der Waals surface area contributed by atoms with Crippen molar-refractivity contribution in [3.8, 4) is 6.07 Å². The van der Waals surface area contributed by atoms with Crippen molar-refractivity contribution < 1.29 is 0 Å². The van der Waals surface area contributed by atoms with Gasteiger partial charge in [0, 0.05) is 0 Å². The average molecular weight is 218 g/mol. The fraction of sp³-hybridized carbons (Fsp3) is 0.286. The normalized spacial score (nSPS) is 37.5. The van der Waals surface area contributed by atoms with Gasteiger partial charge in [-0.1, -0.05) is 51.8 Å². The van der Waals surface area contributed by atoms with E-state index in [1.165, 1.54) is 0 Å². The Balaban J connectivity index is 2.73. The van der Waals surface area contributed by atoms with E-state index in [4.69, 9.17) is 16.9 Å². The Morgan fingerprint density at radius 3 is 2.40 bits per heavy atom. The summed E-state index contributed by atoms with van der Waals surface area (Å²) < 4.78 is -0.569. The van der Waals surface area contributed by atoms with Gasteiger partial charge in [0.25, 0.3) is 0 Å². The smallest absolute Gasteiger partial charge is 0.135 e. The molecule has 0 fully saturated rings. The van der Waals surface area contributed by atoms with Crippen molar-refractivity contribution in [2.75, 3.05) is 0 Å². The minimum absolute atomic E-state index is 0.121. The van der Waals surface area contributed by atoms with Crippen LogP contribution in [0.15, 0.2) is 24.3 Å². The molecular formula is C7H5BrClN. The molecule has 52 valence electrons. The first kappa shape index (κ1) is 7.84. The molecule has 0 saturated carbocycles. The van der Waals surface area contributed by atoms with Gasteiger partial charge >= 0.3 is 0 Å². The lowest BCUT2D eigenvalue weighted by Crippen LogP contribution is -2.08. The lowest BCUT2D eigenvalue weighted by Gasteiger charge is -2.14. The van der Waals surface area contributed by atoms with E-state index in [1.54, 1.807) is 24.3 Å². The summed E-state index contributed by atoms with van der Waals surface area (Å²) in [5.41, 5.74) is 0. The minimum Gasteiger partial charge on any atom is -0.197 e. The Hall–Kier alpha value is -0.260. The number of hydrogen-bond acceptors (Lipinski definition) is 1. The van der Waals surface area contributed by atoms with Crippen molar-refractivity contribution in [1.29, 1.82) is 5.26 Å². The van der Waals surface area contributed by atoms with Crippen LogP contribution in [-0.4, -0.2) is 3.78 Å². The second-order valence-electron chi connectivity index (χ2n) is 2.05. The van der Waals surface area contributed by atoms with Crippen LogP contribution in [-0.2, 0) is 0 Å². The standard InChI is InChI=1S/C7H5BrClN/c8-7(9)3-1-6(5-10)2-4-7/h1-4,6H. The molecule has 0 bridgehead atoms. The number of hydrogen-bond donors (Lipinski definition) is 0. The van der Waals surface area contributed by atoms with Crippen LogP contribution in [0.5, 0.6) is 0 Å². The van der Waals surface area contributed by atoms with Gasteiger partial charge in [-0.05, 0) is 0 Å². The highest BCUT2D eigenvalue weighted by molar-refractivity contribution is 9.10. The molecule has 0 heterocycles. The third-order valence-corrected chi connectivity index (χ3v) is 1.98.